The van der Waals surface area contributed by atoms with Crippen molar-refractivity contribution in [1.82, 2.24) is 10.3 Å². The maximum atomic E-state index is 11.4. The molecular formula is C20H18ClN2O4-. The van der Waals surface area contributed by atoms with E-state index in [-0.39, 0.29) is 12.3 Å². The van der Waals surface area contributed by atoms with Gasteiger partial charge < -0.3 is 24.9 Å². The van der Waals surface area contributed by atoms with Crippen LogP contribution >= 0.6 is 11.6 Å². The van der Waals surface area contributed by atoms with Gasteiger partial charge in [-0.15, -0.1) is 11.6 Å². The highest BCUT2D eigenvalue weighted by Gasteiger charge is 2.16. The number of fused-ring (bicyclic) bond motifs is 1. The van der Waals surface area contributed by atoms with Crippen molar-refractivity contribution in [2.45, 2.75) is 19.1 Å². The Balaban J connectivity index is 1.77. The molecule has 0 saturated heterocycles. The second-order valence-corrected chi connectivity index (χ2v) is 6.34. The molecule has 27 heavy (non-hydrogen) atoms. The molecule has 0 aliphatic carbocycles. The Labute approximate surface area is 161 Å². The molecule has 2 N–H and O–H groups in total. The minimum absolute atomic E-state index is 0.0765. The quantitative estimate of drug-likeness (QED) is 0.578. The van der Waals surface area contributed by atoms with E-state index in [1.165, 1.54) is 0 Å². The summed E-state index contributed by atoms with van der Waals surface area (Å²) in [6.07, 6.45) is 1.79. The Morgan fingerprint density at radius 2 is 1.96 bits per heavy atom. The molecule has 140 valence electrons. The first-order valence-corrected chi connectivity index (χ1v) is 8.93. The molecule has 0 aliphatic rings. The van der Waals surface area contributed by atoms with Crippen LogP contribution in [0.2, 0.25) is 0 Å². The van der Waals surface area contributed by atoms with Gasteiger partial charge in [0, 0.05) is 23.5 Å². The van der Waals surface area contributed by atoms with E-state index < -0.39 is 17.9 Å². The van der Waals surface area contributed by atoms with Crippen LogP contribution in [0, 0.1) is 0 Å². The highest BCUT2D eigenvalue weighted by Crippen LogP contribution is 2.25. The zero-order valence-electron chi connectivity index (χ0n) is 14.4. The molecule has 1 amide bonds. The third kappa shape index (κ3) is 4.80. The summed E-state index contributed by atoms with van der Waals surface area (Å²) in [6.45, 7) is 0.430. The molecule has 6 nitrogen and oxygen atoms in total. The number of aromatic amines is 1. The van der Waals surface area contributed by atoms with E-state index in [2.05, 4.69) is 10.3 Å². The molecule has 1 heterocycles. The molecular weight excluding hydrogens is 368 g/mol. The van der Waals surface area contributed by atoms with Crippen molar-refractivity contribution >= 4 is 34.4 Å². The Hall–Kier alpha value is -2.99. The van der Waals surface area contributed by atoms with Crippen LogP contribution in [-0.2, 0) is 22.6 Å². The normalized spacial score (nSPS) is 11.9. The molecule has 2 aromatic carbocycles. The van der Waals surface area contributed by atoms with Gasteiger partial charge in [-0.1, -0.05) is 30.3 Å². The number of halogens is 1. The number of amides is 1. The summed E-state index contributed by atoms with van der Waals surface area (Å²) in [6, 6.07) is 14.2. The van der Waals surface area contributed by atoms with Gasteiger partial charge in [-0.2, -0.15) is 0 Å². The van der Waals surface area contributed by atoms with Crippen molar-refractivity contribution in [1.29, 1.82) is 0 Å². The number of rotatable bonds is 8. The van der Waals surface area contributed by atoms with Gasteiger partial charge >= 0.3 is 0 Å². The molecule has 0 fully saturated rings. The Morgan fingerprint density at radius 1 is 1.19 bits per heavy atom. The van der Waals surface area contributed by atoms with E-state index >= 15 is 0 Å². The average Bonchev–Trinajstić information content (AvgIpc) is 3.08. The molecule has 1 aromatic heterocycles. The number of alkyl halides is 1. The van der Waals surface area contributed by atoms with E-state index in [9.17, 15) is 14.7 Å². The maximum absolute atomic E-state index is 11.4. The van der Waals surface area contributed by atoms with Crippen LogP contribution in [0.5, 0.6) is 5.75 Å². The number of carbonyl (C=O) groups excluding carboxylic acids is 2. The minimum Gasteiger partial charge on any atom is -0.548 e. The zero-order valence-corrected chi connectivity index (χ0v) is 15.2. The van der Waals surface area contributed by atoms with Crippen LogP contribution in [-0.4, -0.2) is 28.8 Å². The third-order valence-corrected chi connectivity index (χ3v) is 4.40. The van der Waals surface area contributed by atoms with Gasteiger partial charge in [0.25, 0.3) is 0 Å². The fourth-order valence-electron chi connectivity index (χ4n) is 2.80. The SMILES string of the molecule is O=C(CCl)N[C@@H](Cc1c[nH]c2ccc(OCc3ccccc3)cc12)C(=O)[O-]. The average molecular weight is 386 g/mol. The Morgan fingerprint density at radius 3 is 2.67 bits per heavy atom. The highest BCUT2D eigenvalue weighted by molar-refractivity contribution is 6.27. The molecule has 0 aliphatic heterocycles. The van der Waals surface area contributed by atoms with Crippen molar-refractivity contribution in [2.75, 3.05) is 5.88 Å². The number of hydrogen-bond acceptors (Lipinski definition) is 4. The van der Waals surface area contributed by atoms with Gasteiger partial charge in [0.2, 0.25) is 5.91 Å². The molecule has 0 saturated carbocycles. The summed E-state index contributed by atoms with van der Waals surface area (Å²) in [5, 5.41) is 14.5. The van der Waals surface area contributed by atoms with Crippen molar-refractivity contribution < 1.29 is 19.4 Å². The fraction of sp³-hybridized carbons (Fsp3) is 0.200. The monoisotopic (exact) mass is 385 g/mol. The summed E-state index contributed by atoms with van der Waals surface area (Å²) in [7, 11) is 0. The topological polar surface area (TPSA) is 94.2 Å². The molecule has 0 unspecified atom stereocenters. The van der Waals surface area contributed by atoms with Gasteiger partial charge in [0.15, 0.2) is 0 Å². The first kappa shape index (κ1) is 18.8. The Bertz CT molecular complexity index is 940. The van der Waals surface area contributed by atoms with Crippen LogP contribution < -0.4 is 15.2 Å². The summed E-state index contributed by atoms with van der Waals surface area (Å²) in [5.41, 5.74) is 2.63. The molecule has 0 bridgehead atoms. The largest absolute Gasteiger partial charge is 0.548 e. The molecule has 3 aromatic rings. The van der Waals surface area contributed by atoms with E-state index in [0.717, 1.165) is 22.0 Å². The standard InChI is InChI=1S/C20H19ClN2O4/c21-10-19(24)23-18(20(25)26)8-14-11-22-17-7-6-15(9-16(14)17)27-12-13-4-2-1-3-5-13/h1-7,9,11,18,22H,8,10,12H2,(H,23,24)(H,25,26)/p-1/t18-/m0/s1. The second kappa shape index (κ2) is 8.60. The number of carboxylic acids is 1. The number of hydrogen-bond donors (Lipinski definition) is 2. The number of nitrogens with one attached hydrogen (secondary N) is 2. The van der Waals surface area contributed by atoms with Gasteiger partial charge in [-0.05, 0) is 29.3 Å². The summed E-state index contributed by atoms with van der Waals surface area (Å²) >= 11 is 5.44. The van der Waals surface area contributed by atoms with Crippen LogP contribution in [0.15, 0.2) is 54.7 Å². The fourth-order valence-corrected chi connectivity index (χ4v) is 2.88. The minimum atomic E-state index is -1.36. The molecule has 3 rings (SSSR count). The van der Waals surface area contributed by atoms with Gasteiger partial charge in [0.05, 0.1) is 12.0 Å². The zero-order chi connectivity index (χ0) is 19.2. The maximum Gasteiger partial charge on any atom is 0.235 e. The summed E-state index contributed by atoms with van der Waals surface area (Å²) in [5.74, 6) is -1.56. The predicted molar refractivity (Wildman–Crippen MR) is 100 cm³/mol. The summed E-state index contributed by atoms with van der Waals surface area (Å²) < 4.78 is 5.83. The number of benzene rings is 2. The number of ether oxygens (including phenoxy) is 1. The van der Waals surface area contributed by atoms with E-state index in [4.69, 9.17) is 16.3 Å². The van der Waals surface area contributed by atoms with Crippen LogP contribution in [0.4, 0.5) is 0 Å². The van der Waals surface area contributed by atoms with Gasteiger partial charge in [-0.25, -0.2) is 0 Å². The van der Waals surface area contributed by atoms with Crippen molar-refractivity contribution in [2.24, 2.45) is 0 Å². The number of aliphatic carboxylic acids is 1. The Kier molecular flexibility index (Phi) is 5.98. The van der Waals surface area contributed by atoms with E-state index in [0.29, 0.717) is 12.4 Å². The van der Waals surface area contributed by atoms with Crippen molar-refractivity contribution in [3.05, 3.63) is 65.9 Å². The number of H-pyrrole nitrogens is 1. The first-order valence-electron chi connectivity index (χ1n) is 8.39. The smallest absolute Gasteiger partial charge is 0.235 e. The number of carboxylic acid groups (broad SMARTS) is 1. The van der Waals surface area contributed by atoms with Crippen LogP contribution in [0.1, 0.15) is 11.1 Å². The van der Waals surface area contributed by atoms with E-state index in [1.807, 2.05) is 48.5 Å². The predicted octanol–water partition coefficient (Wildman–Crippen LogP) is 1.76. The lowest BCUT2D eigenvalue weighted by molar-refractivity contribution is -0.308. The van der Waals surface area contributed by atoms with E-state index in [1.54, 1.807) is 6.20 Å². The summed E-state index contributed by atoms with van der Waals surface area (Å²) in [4.78, 5) is 25.9. The second-order valence-electron chi connectivity index (χ2n) is 6.07. The van der Waals surface area contributed by atoms with Gasteiger partial charge in [-0.3, -0.25) is 4.79 Å². The molecule has 1 atom stereocenters. The highest BCUT2D eigenvalue weighted by atomic mass is 35.5. The molecule has 7 heteroatoms. The van der Waals surface area contributed by atoms with Gasteiger partial charge in [0.1, 0.15) is 18.2 Å². The van der Waals surface area contributed by atoms with Crippen LogP contribution in [0.3, 0.4) is 0 Å². The lowest BCUT2D eigenvalue weighted by atomic mass is 10.0. The lowest BCUT2D eigenvalue weighted by Crippen LogP contribution is -2.49. The lowest BCUT2D eigenvalue weighted by Gasteiger charge is -2.19. The van der Waals surface area contributed by atoms with Crippen LogP contribution in [0.25, 0.3) is 10.9 Å². The first-order chi connectivity index (χ1) is 13.1. The van der Waals surface area contributed by atoms with Crippen molar-refractivity contribution in [3.63, 3.8) is 0 Å². The number of carbonyl (C=O) groups is 2. The number of aromatic nitrogens is 1. The molecule has 0 radical (unpaired) electrons. The van der Waals surface area contributed by atoms with Crippen molar-refractivity contribution in [3.8, 4) is 5.75 Å². The third-order valence-electron chi connectivity index (χ3n) is 4.15. The molecule has 0 spiro atoms.